The van der Waals surface area contributed by atoms with Crippen LogP contribution in [0.4, 0.5) is 0 Å². The maximum atomic E-state index is 12.4. The molecule has 0 bridgehead atoms. The summed E-state index contributed by atoms with van der Waals surface area (Å²) >= 11 is 0. The largest absolute Gasteiger partial charge is 0.497 e. The molecule has 0 saturated heterocycles. The average molecular weight is 392 g/mol. The quantitative estimate of drug-likeness (QED) is 0.629. The van der Waals surface area contributed by atoms with E-state index in [0.717, 1.165) is 35.1 Å². The Bertz CT molecular complexity index is 1040. The predicted octanol–water partition coefficient (Wildman–Crippen LogP) is 3.53. The first-order valence-corrected chi connectivity index (χ1v) is 9.84. The van der Waals surface area contributed by atoms with Crippen molar-refractivity contribution < 1.29 is 19.1 Å². The number of aromatic nitrogens is 1. The number of nitrogens with one attached hydrogen (secondary N) is 2. The fraction of sp³-hybridized carbons (Fsp3) is 0.304. The van der Waals surface area contributed by atoms with Gasteiger partial charge in [-0.05, 0) is 67.1 Å². The number of fused-ring (bicyclic) bond motifs is 3. The van der Waals surface area contributed by atoms with Crippen molar-refractivity contribution in [3.8, 4) is 5.75 Å². The van der Waals surface area contributed by atoms with Crippen LogP contribution in [0, 0.1) is 0 Å². The summed E-state index contributed by atoms with van der Waals surface area (Å²) in [4.78, 5) is 27.9. The van der Waals surface area contributed by atoms with Crippen LogP contribution in [-0.2, 0) is 28.9 Å². The summed E-state index contributed by atoms with van der Waals surface area (Å²) in [6.45, 7) is 0.0556. The lowest BCUT2D eigenvalue weighted by Gasteiger charge is -2.10. The molecule has 3 aromatic rings. The molecule has 0 fully saturated rings. The van der Waals surface area contributed by atoms with E-state index in [-0.39, 0.29) is 12.5 Å². The SMILES string of the molecule is COc1ccc(CNC(=O)COC(=O)c2ccc3[nH]c4c(c3c2)CCCC4)cc1. The van der Waals surface area contributed by atoms with Gasteiger partial charge in [-0.3, -0.25) is 4.79 Å². The standard InChI is InChI=1S/C23H24N2O4/c1-28-17-9-6-15(7-10-17)13-24-22(26)14-29-23(27)16-8-11-21-19(12-16)18-4-2-3-5-20(18)25-21/h6-12,25H,2-5,13-14H2,1H3,(H,24,26). The minimum absolute atomic E-state index is 0.307. The fourth-order valence-electron chi connectivity index (χ4n) is 3.74. The summed E-state index contributed by atoms with van der Waals surface area (Å²) in [6.07, 6.45) is 4.45. The highest BCUT2D eigenvalue weighted by atomic mass is 16.5. The first-order chi connectivity index (χ1) is 14.1. The summed E-state index contributed by atoms with van der Waals surface area (Å²) in [7, 11) is 1.60. The van der Waals surface area contributed by atoms with Gasteiger partial charge in [0.1, 0.15) is 5.75 Å². The number of ether oxygens (including phenoxy) is 2. The number of esters is 1. The fourth-order valence-corrected chi connectivity index (χ4v) is 3.74. The third-order valence-corrected chi connectivity index (χ3v) is 5.32. The number of amides is 1. The molecule has 6 nitrogen and oxygen atoms in total. The van der Waals surface area contributed by atoms with E-state index in [1.165, 1.54) is 24.1 Å². The van der Waals surface area contributed by atoms with Crippen molar-refractivity contribution in [2.75, 3.05) is 13.7 Å². The third kappa shape index (κ3) is 4.26. The van der Waals surface area contributed by atoms with Gasteiger partial charge in [0.05, 0.1) is 12.7 Å². The average Bonchev–Trinajstić information content (AvgIpc) is 3.14. The van der Waals surface area contributed by atoms with Gasteiger partial charge in [-0.15, -0.1) is 0 Å². The molecule has 1 heterocycles. The zero-order valence-corrected chi connectivity index (χ0v) is 16.4. The van der Waals surface area contributed by atoms with E-state index < -0.39 is 5.97 Å². The highest BCUT2D eigenvalue weighted by Gasteiger charge is 2.17. The zero-order valence-electron chi connectivity index (χ0n) is 16.4. The monoisotopic (exact) mass is 392 g/mol. The third-order valence-electron chi connectivity index (χ3n) is 5.32. The second-order valence-electron chi connectivity index (χ2n) is 7.25. The van der Waals surface area contributed by atoms with Crippen LogP contribution in [0.2, 0.25) is 0 Å². The summed E-state index contributed by atoms with van der Waals surface area (Å²) in [6, 6.07) is 12.9. The molecular weight excluding hydrogens is 368 g/mol. The van der Waals surface area contributed by atoms with E-state index >= 15 is 0 Å². The maximum absolute atomic E-state index is 12.4. The van der Waals surface area contributed by atoms with Crippen molar-refractivity contribution >= 4 is 22.8 Å². The van der Waals surface area contributed by atoms with E-state index in [2.05, 4.69) is 10.3 Å². The van der Waals surface area contributed by atoms with Crippen molar-refractivity contribution in [2.24, 2.45) is 0 Å². The number of carbonyl (C=O) groups excluding carboxylic acids is 2. The summed E-state index contributed by atoms with van der Waals surface area (Å²) in [5, 5.41) is 3.83. The molecule has 1 amide bonds. The van der Waals surface area contributed by atoms with Crippen molar-refractivity contribution in [1.82, 2.24) is 10.3 Å². The lowest BCUT2D eigenvalue weighted by Crippen LogP contribution is -2.28. The normalized spacial score (nSPS) is 13.0. The van der Waals surface area contributed by atoms with Gasteiger partial charge in [0.2, 0.25) is 0 Å². The lowest BCUT2D eigenvalue weighted by molar-refractivity contribution is -0.124. The Balaban J connectivity index is 1.33. The second-order valence-corrected chi connectivity index (χ2v) is 7.25. The van der Waals surface area contributed by atoms with E-state index in [0.29, 0.717) is 12.1 Å². The minimum Gasteiger partial charge on any atom is -0.497 e. The molecule has 1 aliphatic carbocycles. The smallest absolute Gasteiger partial charge is 0.338 e. The number of methoxy groups -OCH3 is 1. The number of carbonyl (C=O) groups is 2. The molecule has 0 spiro atoms. The number of aromatic amines is 1. The molecule has 0 atom stereocenters. The predicted molar refractivity (Wildman–Crippen MR) is 110 cm³/mol. The number of hydrogen-bond acceptors (Lipinski definition) is 4. The van der Waals surface area contributed by atoms with Crippen LogP contribution in [0.15, 0.2) is 42.5 Å². The Hall–Kier alpha value is -3.28. The summed E-state index contributed by atoms with van der Waals surface area (Å²) < 4.78 is 10.3. The highest BCUT2D eigenvalue weighted by Crippen LogP contribution is 2.29. The Morgan fingerprint density at radius 2 is 1.86 bits per heavy atom. The lowest BCUT2D eigenvalue weighted by atomic mass is 9.95. The van der Waals surface area contributed by atoms with Gasteiger partial charge >= 0.3 is 5.97 Å². The molecule has 2 aromatic carbocycles. The Labute approximate surface area is 169 Å². The molecular formula is C23H24N2O4. The van der Waals surface area contributed by atoms with E-state index in [9.17, 15) is 9.59 Å². The Kier molecular flexibility index (Phi) is 5.51. The van der Waals surface area contributed by atoms with Crippen LogP contribution in [0.5, 0.6) is 5.75 Å². The van der Waals surface area contributed by atoms with Gasteiger partial charge in [-0.25, -0.2) is 4.79 Å². The van der Waals surface area contributed by atoms with Crippen LogP contribution in [0.3, 0.4) is 0 Å². The number of H-pyrrole nitrogens is 1. The number of aryl methyl sites for hydroxylation is 2. The molecule has 4 rings (SSSR count). The van der Waals surface area contributed by atoms with Crippen LogP contribution < -0.4 is 10.1 Å². The van der Waals surface area contributed by atoms with Crippen LogP contribution in [0.25, 0.3) is 10.9 Å². The Morgan fingerprint density at radius 3 is 2.66 bits per heavy atom. The molecule has 1 aliphatic rings. The topological polar surface area (TPSA) is 80.4 Å². The van der Waals surface area contributed by atoms with Gasteiger partial charge in [0.15, 0.2) is 6.61 Å². The molecule has 6 heteroatoms. The van der Waals surface area contributed by atoms with E-state index in [1.54, 1.807) is 13.2 Å². The van der Waals surface area contributed by atoms with Crippen molar-refractivity contribution in [3.05, 3.63) is 64.8 Å². The second kappa shape index (κ2) is 8.39. The molecule has 150 valence electrons. The van der Waals surface area contributed by atoms with Gasteiger partial charge in [-0.2, -0.15) is 0 Å². The molecule has 29 heavy (non-hydrogen) atoms. The van der Waals surface area contributed by atoms with Gasteiger partial charge in [-0.1, -0.05) is 12.1 Å². The van der Waals surface area contributed by atoms with Crippen LogP contribution in [0.1, 0.15) is 40.0 Å². The zero-order chi connectivity index (χ0) is 20.2. The molecule has 0 unspecified atom stereocenters. The van der Waals surface area contributed by atoms with Crippen LogP contribution in [-0.4, -0.2) is 30.6 Å². The maximum Gasteiger partial charge on any atom is 0.338 e. The molecule has 0 radical (unpaired) electrons. The minimum atomic E-state index is -0.489. The Morgan fingerprint density at radius 1 is 1.07 bits per heavy atom. The summed E-state index contributed by atoms with van der Waals surface area (Å²) in [5.41, 5.74) is 5.03. The first-order valence-electron chi connectivity index (χ1n) is 9.84. The van der Waals surface area contributed by atoms with Gasteiger partial charge in [0.25, 0.3) is 5.91 Å². The molecule has 0 saturated carbocycles. The van der Waals surface area contributed by atoms with Gasteiger partial charge in [0, 0.05) is 23.1 Å². The molecule has 2 N–H and O–H groups in total. The van der Waals surface area contributed by atoms with E-state index in [4.69, 9.17) is 9.47 Å². The number of rotatable bonds is 6. The molecule has 0 aliphatic heterocycles. The first kappa shape index (κ1) is 19.1. The number of hydrogen-bond donors (Lipinski definition) is 2. The molecule has 1 aromatic heterocycles. The van der Waals surface area contributed by atoms with Crippen molar-refractivity contribution in [3.63, 3.8) is 0 Å². The van der Waals surface area contributed by atoms with Crippen molar-refractivity contribution in [2.45, 2.75) is 32.2 Å². The van der Waals surface area contributed by atoms with Crippen molar-refractivity contribution in [1.29, 1.82) is 0 Å². The highest BCUT2D eigenvalue weighted by molar-refractivity contribution is 5.97. The van der Waals surface area contributed by atoms with Gasteiger partial charge < -0.3 is 19.8 Å². The van der Waals surface area contributed by atoms with E-state index in [1.807, 2.05) is 36.4 Å². The summed E-state index contributed by atoms with van der Waals surface area (Å²) in [5.74, 6) is -0.0683. The van der Waals surface area contributed by atoms with Crippen LogP contribution >= 0.6 is 0 Å². The number of benzene rings is 2.